The normalized spacial score (nSPS) is 38.2. The molecule has 0 saturated carbocycles. The lowest BCUT2D eigenvalue weighted by atomic mass is 9.78. The van der Waals surface area contributed by atoms with Gasteiger partial charge in [0.1, 0.15) is 0 Å². The summed E-state index contributed by atoms with van der Waals surface area (Å²) >= 11 is 0. The van der Waals surface area contributed by atoms with Crippen LogP contribution < -0.4 is 0 Å². The van der Waals surface area contributed by atoms with E-state index in [0.717, 1.165) is 24.3 Å². The highest BCUT2D eigenvalue weighted by Gasteiger charge is 2.29. The van der Waals surface area contributed by atoms with E-state index >= 15 is 0 Å². The summed E-state index contributed by atoms with van der Waals surface area (Å²) in [5, 5.41) is 0. The first-order valence-electron chi connectivity index (χ1n) is 6.51. The van der Waals surface area contributed by atoms with E-state index in [9.17, 15) is 4.39 Å². The van der Waals surface area contributed by atoms with Gasteiger partial charge >= 0.3 is 0 Å². The van der Waals surface area contributed by atoms with Crippen LogP contribution in [0, 0.1) is 11.8 Å². The lowest BCUT2D eigenvalue weighted by Gasteiger charge is -2.34. The van der Waals surface area contributed by atoms with Gasteiger partial charge in [-0.2, -0.15) is 0 Å². The minimum absolute atomic E-state index is 0.210. The summed E-state index contributed by atoms with van der Waals surface area (Å²) in [5.41, 5.74) is 1.02. The molecule has 1 atom stereocenters. The molecule has 0 aromatic rings. The van der Waals surface area contributed by atoms with E-state index in [4.69, 9.17) is 0 Å². The van der Waals surface area contributed by atoms with Crippen LogP contribution in [0.1, 0.15) is 39.0 Å². The maximum atomic E-state index is 13.5. The Labute approximate surface area is 94.6 Å². The maximum Gasteiger partial charge on any atom is 0.0991 e. The minimum Gasteiger partial charge on any atom is -0.212 e. The zero-order valence-corrected chi connectivity index (χ0v) is 11.2. The van der Waals surface area contributed by atoms with Crippen molar-refractivity contribution in [3.8, 4) is 0 Å². The van der Waals surface area contributed by atoms with Crippen LogP contribution in [-0.2, 0) is 0 Å². The highest BCUT2D eigenvalue weighted by atomic mass is 28.3. The molecule has 0 bridgehead atoms. The van der Waals surface area contributed by atoms with Crippen molar-refractivity contribution in [1.82, 2.24) is 0 Å². The van der Waals surface area contributed by atoms with E-state index in [1.54, 1.807) is 0 Å². The molecule has 86 valence electrons. The van der Waals surface area contributed by atoms with Crippen molar-refractivity contribution in [1.29, 1.82) is 0 Å². The Balaban J connectivity index is 1.90. The van der Waals surface area contributed by atoms with Crippen molar-refractivity contribution in [2.24, 2.45) is 11.8 Å². The molecule has 1 aliphatic heterocycles. The fourth-order valence-corrected chi connectivity index (χ4v) is 5.49. The second-order valence-electron chi connectivity index (χ2n) is 5.71. The van der Waals surface area contributed by atoms with Crippen molar-refractivity contribution in [2.75, 3.05) is 0 Å². The monoisotopic (exact) mass is 226 g/mol. The molecule has 0 spiro atoms. The summed E-state index contributed by atoms with van der Waals surface area (Å²) in [6, 6.07) is 3.01. The molecule has 0 aromatic heterocycles. The first-order chi connectivity index (χ1) is 7.16. The van der Waals surface area contributed by atoms with Gasteiger partial charge in [-0.15, -0.1) is 0 Å². The Morgan fingerprint density at radius 2 is 1.80 bits per heavy atom. The van der Waals surface area contributed by atoms with E-state index in [-0.39, 0.29) is 14.6 Å². The molecule has 0 aromatic carbocycles. The van der Waals surface area contributed by atoms with Gasteiger partial charge in [0.15, 0.2) is 0 Å². The molecule has 1 fully saturated rings. The van der Waals surface area contributed by atoms with E-state index in [2.05, 4.69) is 6.55 Å². The summed E-state index contributed by atoms with van der Waals surface area (Å²) in [6.45, 7) is 4.45. The number of allylic oxidation sites excluding steroid dienone is 2. The third-order valence-electron chi connectivity index (χ3n) is 4.52. The zero-order chi connectivity index (χ0) is 10.8. The van der Waals surface area contributed by atoms with Crippen LogP contribution in [0.4, 0.5) is 4.39 Å². The Kier molecular flexibility index (Phi) is 3.65. The molecule has 0 amide bonds. The second kappa shape index (κ2) is 4.81. The predicted molar refractivity (Wildman–Crippen MR) is 66.5 cm³/mol. The van der Waals surface area contributed by atoms with Crippen molar-refractivity contribution in [2.45, 2.75) is 57.7 Å². The topological polar surface area (TPSA) is 0 Å². The zero-order valence-electron chi connectivity index (χ0n) is 10.1. The van der Waals surface area contributed by atoms with Gasteiger partial charge in [0.25, 0.3) is 0 Å². The highest BCUT2D eigenvalue weighted by molar-refractivity contribution is 6.57. The van der Waals surface area contributed by atoms with Crippen molar-refractivity contribution in [3.63, 3.8) is 0 Å². The average Bonchev–Trinajstić information content (AvgIpc) is 2.23. The molecule has 2 aliphatic rings. The van der Waals surface area contributed by atoms with Crippen LogP contribution in [0.2, 0.25) is 18.6 Å². The summed E-state index contributed by atoms with van der Waals surface area (Å²) < 4.78 is 13.5. The van der Waals surface area contributed by atoms with Crippen LogP contribution >= 0.6 is 0 Å². The van der Waals surface area contributed by atoms with E-state index in [0.29, 0.717) is 5.92 Å². The van der Waals surface area contributed by atoms with Crippen LogP contribution in [-0.4, -0.2) is 8.80 Å². The number of hydrogen-bond acceptors (Lipinski definition) is 0. The lowest BCUT2D eigenvalue weighted by molar-refractivity contribution is 0.256. The molecular formula is C13H23FSi. The fraction of sp³-hybridized carbons (Fsp3) is 0.846. The van der Waals surface area contributed by atoms with Crippen LogP contribution in [0.15, 0.2) is 11.4 Å². The van der Waals surface area contributed by atoms with Gasteiger partial charge in [-0.3, -0.25) is 0 Å². The molecule has 1 unspecified atom stereocenters. The summed E-state index contributed by atoms with van der Waals surface area (Å²) in [7, 11) is -0.321. The molecule has 1 saturated heterocycles. The maximum absolute atomic E-state index is 13.5. The predicted octanol–water partition coefficient (Wildman–Crippen LogP) is 4.30. The van der Waals surface area contributed by atoms with Gasteiger partial charge in [-0.05, 0) is 37.2 Å². The SMILES string of the molecule is CC1=C(F)CC(C2CC[SiH](C)CC2)CC1. The van der Waals surface area contributed by atoms with Crippen LogP contribution in [0.5, 0.6) is 0 Å². The van der Waals surface area contributed by atoms with E-state index in [1.165, 1.54) is 31.4 Å². The standard InChI is InChI=1S/C13H23FSi/c1-10-3-4-12(9-13(10)14)11-5-7-15(2)8-6-11/h11-12,15H,3-9H2,1-2H3. The number of rotatable bonds is 1. The van der Waals surface area contributed by atoms with Gasteiger partial charge < -0.3 is 0 Å². The molecule has 2 heteroatoms. The summed E-state index contributed by atoms with van der Waals surface area (Å²) in [4.78, 5) is 0. The van der Waals surface area contributed by atoms with Crippen molar-refractivity contribution >= 4 is 8.80 Å². The number of halogens is 1. The molecule has 15 heavy (non-hydrogen) atoms. The summed E-state index contributed by atoms with van der Waals surface area (Å²) in [6.07, 6.45) is 5.83. The van der Waals surface area contributed by atoms with Crippen molar-refractivity contribution < 1.29 is 4.39 Å². The van der Waals surface area contributed by atoms with Crippen LogP contribution in [0.25, 0.3) is 0 Å². The Morgan fingerprint density at radius 1 is 1.13 bits per heavy atom. The van der Waals surface area contributed by atoms with E-state index < -0.39 is 0 Å². The molecular weight excluding hydrogens is 203 g/mol. The van der Waals surface area contributed by atoms with Gasteiger partial charge in [0.2, 0.25) is 0 Å². The average molecular weight is 226 g/mol. The summed E-state index contributed by atoms with van der Waals surface area (Å²) in [5.74, 6) is 1.74. The third-order valence-corrected chi connectivity index (χ3v) is 7.16. The largest absolute Gasteiger partial charge is 0.212 e. The Hall–Kier alpha value is -0.113. The minimum atomic E-state index is -0.321. The first-order valence-corrected chi connectivity index (χ1v) is 9.29. The van der Waals surface area contributed by atoms with Crippen LogP contribution in [0.3, 0.4) is 0 Å². The van der Waals surface area contributed by atoms with E-state index in [1.807, 2.05) is 6.92 Å². The molecule has 0 nitrogen and oxygen atoms in total. The quantitative estimate of drug-likeness (QED) is 0.585. The second-order valence-corrected chi connectivity index (χ2v) is 9.07. The lowest BCUT2D eigenvalue weighted by Crippen LogP contribution is -2.25. The Bertz CT molecular complexity index is 251. The highest BCUT2D eigenvalue weighted by Crippen LogP contribution is 2.40. The molecule has 1 heterocycles. The molecule has 0 radical (unpaired) electrons. The van der Waals surface area contributed by atoms with Gasteiger partial charge in [0.05, 0.1) is 5.83 Å². The van der Waals surface area contributed by atoms with Gasteiger partial charge in [-0.1, -0.05) is 31.5 Å². The molecule has 2 rings (SSSR count). The van der Waals surface area contributed by atoms with Gasteiger partial charge in [-0.25, -0.2) is 4.39 Å². The fourth-order valence-electron chi connectivity index (χ4n) is 3.20. The third kappa shape index (κ3) is 2.71. The van der Waals surface area contributed by atoms with Crippen molar-refractivity contribution in [3.05, 3.63) is 11.4 Å². The Morgan fingerprint density at radius 3 is 2.40 bits per heavy atom. The van der Waals surface area contributed by atoms with Gasteiger partial charge in [0, 0.05) is 15.2 Å². The smallest absolute Gasteiger partial charge is 0.0991 e. The molecule has 1 aliphatic carbocycles. The number of hydrogen-bond donors (Lipinski definition) is 0. The molecule has 0 N–H and O–H groups in total. The first kappa shape index (κ1) is 11.4.